The van der Waals surface area contributed by atoms with Crippen LogP contribution in [0.1, 0.15) is 26.0 Å². The van der Waals surface area contributed by atoms with E-state index in [0.29, 0.717) is 19.5 Å². The standard InChI is InChI=1S/C13H16N4O2S/c1-13(2)11(19)16(4-3-10(18)15-13)7-9-8-17-5-6-20-12(17)14-9/h5-6,8H,3-4,7H2,1-2H3,(H,15,18). The second-order valence-electron chi connectivity index (χ2n) is 5.47. The maximum atomic E-state index is 12.4. The van der Waals surface area contributed by atoms with Crippen LogP contribution in [0.15, 0.2) is 17.8 Å². The monoisotopic (exact) mass is 292 g/mol. The number of carbonyl (C=O) groups excluding carboxylic acids is 2. The number of fused-ring (bicyclic) bond motifs is 1. The molecule has 0 radical (unpaired) electrons. The highest BCUT2D eigenvalue weighted by Gasteiger charge is 2.36. The molecule has 0 unspecified atom stereocenters. The average Bonchev–Trinajstić information content (AvgIpc) is 2.90. The van der Waals surface area contributed by atoms with Crippen molar-refractivity contribution in [1.82, 2.24) is 19.6 Å². The van der Waals surface area contributed by atoms with Crippen LogP contribution in [-0.4, -0.2) is 38.2 Å². The molecule has 2 amide bonds. The van der Waals surface area contributed by atoms with Crippen molar-refractivity contribution in [2.45, 2.75) is 32.4 Å². The van der Waals surface area contributed by atoms with E-state index in [4.69, 9.17) is 0 Å². The van der Waals surface area contributed by atoms with Gasteiger partial charge in [-0.15, -0.1) is 11.3 Å². The van der Waals surface area contributed by atoms with Crippen molar-refractivity contribution in [3.8, 4) is 0 Å². The fraction of sp³-hybridized carbons (Fsp3) is 0.462. The zero-order valence-electron chi connectivity index (χ0n) is 11.4. The van der Waals surface area contributed by atoms with Crippen LogP contribution in [0.5, 0.6) is 0 Å². The van der Waals surface area contributed by atoms with Crippen molar-refractivity contribution in [1.29, 1.82) is 0 Å². The first-order chi connectivity index (χ1) is 9.45. The van der Waals surface area contributed by atoms with Crippen LogP contribution in [0, 0.1) is 0 Å². The predicted molar refractivity (Wildman–Crippen MR) is 75.3 cm³/mol. The number of nitrogens with one attached hydrogen (secondary N) is 1. The van der Waals surface area contributed by atoms with Crippen LogP contribution < -0.4 is 5.32 Å². The van der Waals surface area contributed by atoms with Crippen molar-refractivity contribution in [2.24, 2.45) is 0 Å². The number of hydrogen-bond donors (Lipinski definition) is 1. The Morgan fingerprint density at radius 3 is 3.00 bits per heavy atom. The molecular weight excluding hydrogens is 276 g/mol. The van der Waals surface area contributed by atoms with Gasteiger partial charge in [-0.2, -0.15) is 0 Å². The van der Waals surface area contributed by atoms with Gasteiger partial charge in [0, 0.05) is 30.7 Å². The van der Waals surface area contributed by atoms with Gasteiger partial charge in [0.25, 0.3) is 0 Å². The van der Waals surface area contributed by atoms with Crippen LogP contribution in [0.3, 0.4) is 0 Å². The van der Waals surface area contributed by atoms with Gasteiger partial charge in [-0.1, -0.05) is 0 Å². The van der Waals surface area contributed by atoms with E-state index >= 15 is 0 Å². The molecule has 7 heteroatoms. The summed E-state index contributed by atoms with van der Waals surface area (Å²) in [6.07, 6.45) is 4.19. The lowest BCUT2D eigenvalue weighted by Gasteiger charge is -2.28. The Labute approximate surface area is 120 Å². The summed E-state index contributed by atoms with van der Waals surface area (Å²) in [5.74, 6) is -0.156. The summed E-state index contributed by atoms with van der Waals surface area (Å²) < 4.78 is 1.94. The Bertz CT molecular complexity index is 644. The summed E-state index contributed by atoms with van der Waals surface area (Å²) in [5, 5.41) is 4.72. The molecule has 20 heavy (non-hydrogen) atoms. The first-order valence-electron chi connectivity index (χ1n) is 6.47. The van der Waals surface area contributed by atoms with Gasteiger partial charge in [-0.05, 0) is 13.8 Å². The summed E-state index contributed by atoms with van der Waals surface area (Å²) in [6.45, 7) is 4.33. The van der Waals surface area contributed by atoms with Crippen LogP contribution in [0.4, 0.5) is 0 Å². The maximum Gasteiger partial charge on any atom is 0.248 e. The number of hydrogen-bond acceptors (Lipinski definition) is 4. The van der Waals surface area contributed by atoms with Crippen molar-refractivity contribution in [3.63, 3.8) is 0 Å². The Morgan fingerprint density at radius 1 is 1.45 bits per heavy atom. The van der Waals surface area contributed by atoms with Crippen molar-refractivity contribution >= 4 is 28.1 Å². The van der Waals surface area contributed by atoms with Crippen molar-refractivity contribution in [3.05, 3.63) is 23.5 Å². The largest absolute Gasteiger partial charge is 0.342 e. The van der Waals surface area contributed by atoms with E-state index in [9.17, 15) is 9.59 Å². The van der Waals surface area contributed by atoms with Gasteiger partial charge in [-0.25, -0.2) is 4.98 Å². The van der Waals surface area contributed by atoms with Gasteiger partial charge < -0.3 is 10.2 Å². The van der Waals surface area contributed by atoms with Crippen LogP contribution >= 0.6 is 11.3 Å². The normalized spacial score (nSPS) is 19.2. The van der Waals surface area contributed by atoms with E-state index < -0.39 is 5.54 Å². The smallest absolute Gasteiger partial charge is 0.248 e. The van der Waals surface area contributed by atoms with Crippen LogP contribution in [-0.2, 0) is 16.1 Å². The topological polar surface area (TPSA) is 66.7 Å². The van der Waals surface area contributed by atoms with Crippen molar-refractivity contribution in [2.75, 3.05) is 6.54 Å². The number of nitrogens with zero attached hydrogens (tertiary/aromatic N) is 3. The highest BCUT2D eigenvalue weighted by Crippen LogP contribution is 2.17. The summed E-state index contributed by atoms with van der Waals surface area (Å²) >= 11 is 1.56. The minimum absolute atomic E-state index is 0.0697. The van der Waals surface area contributed by atoms with E-state index in [0.717, 1.165) is 10.7 Å². The summed E-state index contributed by atoms with van der Waals surface area (Å²) in [4.78, 5) is 31.2. The second kappa shape index (κ2) is 4.59. The first-order valence-corrected chi connectivity index (χ1v) is 7.35. The molecule has 3 heterocycles. The molecular formula is C13H16N4O2S. The van der Waals surface area contributed by atoms with E-state index in [-0.39, 0.29) is 11.8 Å². The third-order valence-electron chi connectivity index (χ3n) is 3.38. The summed E-state index contributed by atoms with van der Waals surface area (Å²) in [6, 6.07) is 0. The fourth-order valence-corrected chi connectivity index (χ4v) is 3.12. The van der Waals surface area contributed by atoms with E-state index in [1.54, 1.807) is 30.1 Å². The molecule has 1 saturated heterocycles. The Balaban J connectivity index is 1.83. The quantitative estimate of drug-likeness (QED) is 0.899. The van der Waals surface area contributed by atoms with Gasteiger partial charge in [0.2, 0.25) is 11.8 Å². The molecule has 6 nitrogen and oxygen atoms in total. The molecule has 3 rings (SSSR count). The summed E-state index contributed by atoms with van der Waals surface area (Å²) in [5.41, 5.74) is -0.0135. The zero-order chi connectivity index (χ0) is 14.3. The number of aromatic nitrogens is 2. The average molecular weight is 292 g/mol. The molecule has 1 aliphatic heterocycles. The molecule has 1 N–H and O–H groups in total. The minimum atomic E-state index is -0.856. The second-order valence-corrected chi connectivity index (χ2v) is 6.35. The molecule has 2 aromatic rings. The molecule has 1 aliphatic rings. The van der Waals surface area contributed by atoms with E-state index in [2.05, 4.69) is 10.3 Å². The molecule has 0 bridgehead atoms. The van der Waals surface area contributed by atoms with Gasteiger partial charge in [-0.3, -0.25) is 14.0 Å². The zero-order valence-corrected chi connectivity index (χ0v) is 12.2. The lowest BCUT2D eigenvalue weighted by atomic mass is 10.0. The molecule has 0 spiro atoms. The minimum Gasteiger partial charge on any atom is -0.342 e. The molecule has 1 fully saturated rings. The molecule has 0 atom stereocenters. The third-order valence-corrected chi connectivity index (χ3v) is 4.15. The highest BCUT2D eigenvalue weighted by molar-refractivity contribution is 7.15. The van der Waals surface area contributed by atoms with Gasteiger partial charge in [0.05, 0.1) is 12.2 Å². The van der Waals surface area contributed by atoms with Crippen LogP contribution in [0.25, 0.3) is 4.96 Å². The molecule has 0 aliphatic carbocycles. The number of carbonyl (C=O) groups is 2. The molecule has 106 valence electrons. The van der Waals surface area contributed by atoms with Gasteiger partial charge in [0.15, 0.2) is 4.96 Å². The number of amides is 2. The molecule has 0 saturated carbocycles. The SMILES string of the molecule is CC1(C)NC(=O)CCN(Cc2cn3ccsc3n2)C1=O. The first kappa shape index (κ1) is 13.1. The Hall–Kier alpha value is -1.89. The number of rotatable bonds is 2. The number of imidazole rings is 1. The van der Waals surface area contributed by atoms with Gasteiger partial charge >= 0.3 is 0 Å². The Kier molecular flexibility index (Phi) is 3.01. The highest BCUT2D eigenvalue weighted by atomic mass is 32.1. The Morgan fingerprint density at radius 2 is 2.25 bits per heavy atom. The van der Waals surface area contributed by atoms with Crippen molar-refractivity contribution < 1.29 is 9.59 Å². The number of thiazole rings is 1. The van der Waals surface area contributed by atoms with Gasteiger partial charge in [0.1, 0.15) is 5.54 Å². The fourth-order valence-electron chi connectivity index (χ4n) is 2.40. The lowest BCUT2D eigenvalue weighted by molar-refractivity contribution is -0.137. The van der Waals surface area contributed by atoms with Crippen LogP contribution in [0.2, 0.25) is 0 Å². The van der Waals surface area contributed by atoms with E-state index in [1.165, 1.54) is 0 Å². The summed E-state index contributed by atoms with van der Waals surface area (Å²) in [7, 11) is 0. The maximum absolute atomic E-state index is 12.4. The predicted octanol–water partition coefficient (Wildman–Crippen LogP) is 1.02. The molecule has 2 aromatic heterocycles. The molecule has 0 aromatic carbocycles. The third kappa shape index (κ3) is 2.29. The van der Waals surface area contributed by atoms with E-state index in [1.807, 2.05) is 22.2 Å². The lowest BCUT2D eigenvalue weighted by Crippen LogP contribution is -2.52.